The maximum atomic E-state index is 2.45. The third-order valence-corrected chi connectivity index (χ3v) is 10.7. The Morgan fingerprint density at radius 1 is 0.375 bits per heavy atom. The molecule has 0 aliphatic carbocycles. The smallest absolute Gasteiger partial charge is 0.0424 e. The molecule has 2 aromatic heterocycles. The van der Waals surface area contributed by atoms with Gasteiger partial charge in [-0.25, -0.2) is 0 Å². The first kappa shape index (κ1) is 25.5. The highest BCUT2D eigenvalue weighted by Crippen LogP contribution is 2.39. The fraction of sp³-hybridized carbons (Fsp3) is 0.211. The van der Waals surface area contributed by atoms with Gasteiger partial charge in [-0.15, -0.1) is 22.7 Å². The van der Waals surface area contributed by atoms with E-state index in [4.69, 9.17) is 0 Å². The average Bonchev–Trinajstić information content (AvgIpc) is 3.62. The molecule has 0 amide bonds. The number of aryl methyl sites for hydroxylation is 4. The largest absolute Gasteiger partial charge is 0.140 e. The molecule has 0 saturated carbocycles. The molecule has 0 radical (unpaired) electrons. The van der Waals surface area contributed by atoms with E-state index in [1.807, 2.05) is 22.7 Å². The summed E-state index contributed by atoms with van der Waals surface area (Å²) in [5, 5.41) is 8.32. The second kappa shape index (κ2) is 11.6. The summed E-state index contributed by atoms with van der Waals surface area (Å²) >= 11 is 4.00. The number of thiophene rings is 2. The summed E-state index contributed by atoms with van der Waals surface area (Å²) in [5.41, 5.74) is 2.90. The fourth-order valence-corrected chi connectivity index (χ4v) is 8.49. The Bertz CT molecular complexity index is 1750. The molecule has 2 heteroatoms. The minimum absolute atomic E-state index is 1.17. The molecule has 2 heterocycles. The lowest BCUT2D eigenvalue weighted by Crippen LogP contribution is -1.87. The van der Waals surface area contributed by atoms with Crippen LogP contribution < -0.4 is 0 Å². The Morgan fingerprint density at radius 3 is 1.23 bits per heavy atom. The number of hydrogen-bond acceptors (Lipinski definition) is 2. The van der Waals surface area contributed by atoms with Crippen LogP contribution in [0.25, 0.3) is 41.7 Å². The first-order chi connectivity index (χ1) is 19.8. The van der Waals surface area contributed by atoms with Gasteiger partial charge in [0.1, 0.15) is 0 Å². The lowest BCUT2D eigenvalue weighted by Gasteiger charge is -2.05. The number of unbranched alkanes of at least 4 members (excludes halogenated alkanes) is 2. The Morgan fingerprint density at radius 2 is 0.775 bits per heavy atom. The maximum Gasteiger partial charge on any atom is 0.0424 e. The van der Waals surface area contributed by atoms with Gasteiger partial charge in [-0.05, 0) is 108 Å². The molecule has 7 rings (SSSR count). The van der Waals surface area contributed by atoms with Crippen molar-refractivity contribution in [2.45, 2.75) is 51.4 Å². The highest BCUT2D eigenvalue weighted by molar-refractivity contribution is 7.20. The third-order valence-electron chi connectivity index (χ3n) is 8.18. The second-order valence-electron chi connectivity index (χ2n) is 11.1. The van der Waals surface area contributed by atoms with Crippen LogP contribution in [0.5, 0.6) is 0 Å². The molecule has 7 aromatic rings. The molecule has 5 aromatic carbocycles. The molecule has 0 bridgehead atoms. The molecule has 0 fully saturated rings. The Kier molecular flexibility index (Phi) is 7.38. The van der Waals surface area contributed by atoms with Gasteiger partial charge in [0.2, 0.25) is 0 Å². The summed E-state index contributed by atoms with van der Waals surface area (Å²) < 4.78 is 2.89. The van der Waals surface area contributed by atoms with Crippen LogP contribution in [0.1, 0.15) is 46.6 Å². The summed E-state index contributed by atoms with van der Waals surface area (Å²) in [6.07, 6.45) is 9.67. The van der Waals surface area contributed by atoms with E-state index in [9.17, 15) is 0 Å². The van der Waals surface area contributed by atoms with Gasteiger partial charge < -0.3 is 0 Å². The van der Waals surface area contributed by atoms with Crippen molar-refractivity contribution in [3.63, 3.8) is 0 Å². The number of fused-ring (bicyclic) bond motifs is 6. The normalized spacial score (nSPS) is 11.8. The van der Waals surface area contributed by atoms with E-state index in [0.717, 1.165) is 0 Å². The fourth-order valence-electron chi connectivity index (χ4n) is 6.04. The van der Waals surface area contributed by atoms with Crippen molar-refractivity contribution in [1.82, 2.24) is 0 Å². The van der Waals surface area contributed by atoms with Crippen molar-refractivity contribution in [2.24, 2.45) is 0 Å². The van der Waals surface area contributed by atoms with Gasteiger partial charge in [-0.1, -0.05) is 84.9 Å². The van der Waals surface area contributed by atoms with E-state index in [-0.39, 0.29) is 0 Å². The maximum absolute atomic E-state index is 2.45. The number of benzene rings is 5. The molecule has 0 aliphatic heterocycles. The van der Waals surface area contributed by atoms with Crippen molar-refractivity contribution in [3.05, 3.63) is 130 Å². The predicted octanol–water partition coefficient (Wildman–Crippen LogP) is 11.6. The molecule has 0 nitrogen and oxygen atoms in total. The van der Waals surface area contributed by atoms with E-state index in [0.29, 0.717) is 0 Å². The van der Waals surface area contributed by atoms with Crippen LogP contribution in [-0.4, -0.2) is 0 Å². The molecule has 0 N–H and O–H groups in total. The van der Waals surface area contributed by atoms with E-state index in [1.165, 1.54) is 114 Å². The summed E-state index contributed by atoms with van der Waals surface area (Å²) in [7, 11) is 0. The van der Waals surface area contributed by atoms with Crippen LogP contribution in [0, 0.1) is 0 Å². The minimum Gasteiger partial charge on any atom is -0.140 e. The number of hydrogen-bond donors (Lipinski definition) is 0. The molecular weight excluding hydrogens is 521 g/mol. The van der Waals surface area contributed by atoms with Crippen molar-refractivity contribution in [2.75, 3.05) is 0 Å². The zero-order chi connectivity index (χ0) is 26.7. The Balaban J connectivity index is 1.09. The molecule has 0 aliphatic rings. The quantitative estimate of drug-likeness (QED) is 0.116. The van der Waals surface area contributed by atoms with Crippen molar-refractivity contribution in [1.29, 1.82) is 0 Å². The van der Waals surface area contributed by atoms with E-state index < -0.39 is 0 Å². The van der Waals surface area contributed by atoms with Gasteiger partial charge in [0.05, 0.1) is 0 Å². The average molecular weight is 555 g/mol. The molecule has 40 heavy (non-hydrogen) atoms. The summed E-state index contributed by atoms with van der Waals surface area (Å²) in [5.74, 6) is 0. The Labute approximate surface area is 244 Å². The van der Waals surface area contributed by atoms with Crippen LogP contribution in [0.3, 0.4) is 0 Å². The molecule has 0 atom stereocenters. The van der Waals surface area contributed by atoms with Crippen molar-refractivity contribution < 1.29 is 0 Å². The van der Waals surface area contributed by atoms with Gasteiger partial charge in [0.25, 0.3) is 0 Å². The molecular formula is C38H34S2. The zero-order valence-electron chi connectivity index (χ0n) is 22.9. The minimum atomic E-state index is 1.17. The highest BCUT2D eigenvalue weighted by Gasteiger charge is 2.11. The summed E-state index contributed by atoms with van der Waals surface area (Å²) in [4.78, 5) is 3.03. The standard InChI is InChI=1S/C38H34S2/c1-3-11-27(12-4-1)15-7-9-17-33-23-31-21-19-29-26-36-30(25-35(29)37(31)39-33)20-22-32-24-34(40-38(32)36)18-10-8-16-28-13-5-2-6-14-28/h1-6,11-14,19-26H,7-10,15-18H2. The van der Waals surface area contributed by atoms with E-state index in [1.54, 1.807) is 0 Å². The number of rotatable bonds is 10. The monoisotopic (exact) mass is 554 g/mol. The third kappa shape index (κ3) is 5.44. The zero-order valence-corrected chi connectivity index (χ0v) is 24.5. The van der Waals surface area contributed by atoms with Crippen molar-refractivity contribution >= 4 is 64.4 Å². The first-order valence-corrected chi connectivity index (χ1v) is 16.3. The van der Waals surface area contributed by atoms with Crippen LogP contribution in [-0.2, 0) is 25.7 Å². The van der Waals surface area contributed by atoms with Gasteiger partial charge in [0.15, 0.2) is 0 Å². The highest BCUT2D eigenvalue weighted by atomic mass is 32.1. The van der Waals surface area contributed by atoms with Crippen LogP contribution in [0.2, 0.25) is 0 Å². The molecule has 198 valence electrons. The van der Waals surface area contributed by atoms with Crippen LogP contribution in [0.4, 0.5) is 0 Å². The summed E-state index contributed by atoms with van der Waals surface area (Å²) in [6.45, 7) is 0. The van der Waals surface area contributed by atoms with Gasteiger partial charge in [0, 0.05) is 29.9 Å². The second-order valence-corrected chi connectivity index (χ2v) is 13.3. The van der Waals surface area contributed by atoms with Crippen LogP contribution >= 0.6 is 22.7 Å². The molecule has 0 unspecified atom stereocenters. The van der Waals surface area contributed by atoms with Gasteiger partial charge in [-0.2, -0.15) is 0 Å². The lowest BCUT2D eigenvalue weighted by molar-refractivity contribution is 0.740. The van der Waals surface area contributed by atoms with Crippen LogP contribution in [0.15, 0.2) is 109 Å². The predicted molar refractivity (Wildman–Crippen MR) is 178 cm³/mol. The first-order valence-electron chi connectivity index (χ1n) is 14.7. The lowest BCUT2D eigenvalue weighted by atomic mass is 10.0. The molecule has 0 spiro atoms. The van der Waals surface area contributed by atoms with Gasteiger partial charge in [-0.3, -0.25) is 0 Å². The van der Waals surface area contributed by atoms with E-state index in [2.05, 4.69) is 109 Å². The van der Waals surface area contributed by atoms with E-state index >= 15 is 0 Å². The topological polar surface area (TPSA) is 0 Å². The molecule has 0 saturated heterocycles. The summed E-state index contributed by atoms with van der Waals surface area (Å²) in [6, 6.07) is 40.8. The Hall–Kier alpha value is -3.46. The SMILES string of the molecule is c1ccc(CCCCc2cc3ccc4cc5c(ccc6cc(CCCCc7ccccc7)sc65)cc4c3s2)cc1. The van der Waals surface area contributed by atoms with Crippen molar-refractivity contribution in [3.8, 4) is 0 Å². The van der Waals surface area contributed by atoms with Gasteiger partial charge >= 0.3 is 0 Å².